The predicted molar refractivity (Wildman–Crippen MR) is 250 cm³/mol. The zero-order valence-electron chi connectivity index (χ0n) is 37.2. The van der Waals surface area contributed by atoms with Crippen LogP contribution in [0.3, 0.4) is 0 Å². The van der Waals surface area contributed by atoms with Crippen molar-refractivity contribution in [2.75, 3.05) is 26.9 Å². The number of benzene rings is 6. The van der Waals surface area contributed by atoms with Gasteiger partial charge in [-0.15, -0.1) is 0 Å². The highest BCUT2D eigenvalue weighted by Crippen LogP contribution is 2.32. The average molecular weight is 880 g/mol. The number of carbonyl (C=O) groups is 1. The first kappa shape index (κ1) is 47.1. The molecule has 340 valence electrons. The van der Waals surface area contributed by atoms with Gasteiger partial charge < -0.3 is 43.2 Å². The van der Waals surface area contributed by atoms with Crippen molar-refractivity contribution < 1.29 is 43.1 Å². The average Bonchev–Trinajstić information content (AvgIpc) is 3.35. The van der Waals surface area contributed by atoms with E-state index in [2.05, 4.69) is 18.2 Å². The van der Waals surface area contributed by atoms with Crippen LogP contribution in [0.1, 0.15) is 58.2 Å². The summed E-state index contributed by atoms with van der Waals surface area (Å²) in [5, 5.41) is 10.2. The zero-order valence-corrected chi connectivity index (χ0v) is 37.2. The Balaban J connectivity index is 1.06. The van der Waals surface area contributed by atoms with Crippen LogP contribution in [0.4, 0.5) is 4.79 Å². The van der Waals surface area contributed by atoms with E-state index in [0.29, 0.717) is 52.4 Å². The number of hydrogen-bond acceptors (Lipinski definition) is 8. The van der Waals surface area contributed by atoms with E-state index in [1.54, 1.807) is 7.11 Å². The van der Waals surface area contributed by atoms with Gasteiger partial charge in [-0.05, 0) is 76.8 Å². The third kappa shape index (κ3) is 14.8. The van der Waals surface area contributed by atoms with Gasteiger partial charge in [0.2, 0.25) is 0 Å². The number of carboxylic acid groups (broad SMARTS) is 1. The van der Waals surface area contributed by atoms with E-state index < -0.39 is 36.8 Å². The van der Waals surface area contributed by atoms with Crippen molar-refractivity contribution in [3.63, 3.8) is 0 Å². The number of ether oxygens (including phenoxy) is 7. The SMILES string of the molecule is COc1ccc(CO[C@H]2[C@@H](OCc3ccccc3)[C@@H](COCc3ccccc3)O[C@@H](OCCCCCN(Cc3ccccc3Cc3ccccc3)C(=O)O)[C@@H]2OCc2ccccc2)cc1. The standard InChI is InChI=1S/C55H61NO9/c1-59-49-31-29-46(30-32-49)40-63-52-51(62-38-44-23-11-4-12-24-44)50(41-60-37-43-21-9-3-10-22-43)65-54(53(52)64-39-45-25-13-5-14-26-45)61-34-18-6-17-33-56(55(57)58)36-48-28-16-15-27-47(48)35-42-19-7-2-8-20-42/h2-5,7-16,19-32,50-54H,6,17-18,33-41H2,1H3,(H,57,58)/t50-,51+,52+,53-,54-/m1/s1. The summed E-state index contributed by atoms with van der Waals surface area (Å²) in [4.78, 5) is 14.0. The zero-order chi connectivity index (χ0) is 44.9. The molecule has 1 heterocycles. The normalized spacial score (nSPS) is 18.3. The Morgan fingerprint density at radius 3 is 1.63 bits per heavy atom. The summed E-state index contributed by atoms with van der Waals surface area (Å²) in [5.74, 6) is 0.761. The summed E-state index contributed by atoms with van der Waals surface area (Å²) in [7, 11) is 1.65. The van der Waals surface area contributed by atoms with Gasteiger partial charge in [0.05, 0.1) is 40.1 Å². The summed E-state index contributed by atoms with van der Waals surface area (Å²) >= 11 is 0. The Labute approximate surface area is 383 Å². The summed E-state index contributed by atoms with van der Waals surface area (Å²) in [6, 6.07) is 56.2. The second kappa shape index (κ2) is 25.6. The Morgan fingerprint density at radius 2 is 1.05 bits per heavy atom. The summed E-state index contributed by atoms with van der Waals surface area (Å²) in [5.41, 5.74) is 7.35. The molecule has 1 aliphatic heterocycles. The molecule has 0 aliphatic carbocycles. The van der Waals surface area contributed by atoms with Crippen LogP contribution in [0, 0.1) is 0 Å². The van der Waals surface area contributed by atoms with E-state index >= 15 is 0 Å². The van der Waals surface area contributed by atoms with Crippen molar-refractivity contribution in [1.29, 1.82) is 0 Å². The van der Waals surface area contributed by atoms with Crippen molar-refractivity contribution >= 4 is 6.09 Å². The van der Waals surface area contributed by atoms with Crippen LogP contribution in [0.5, 0.6) is 5.75 Å². The lowest BCUT2D eigenvalue weighted by Gasteiger charge is -2.46. The fourth-order valence-corrected chi connectivity index (χ4v) is 7.96. The van der Waals surface area contributed by atoms with E-state index in [-0.39, 0.29) is 13.2 Å². The van der Waals surface area contributed by atoms with Crippen LogP contribution < -0.4 is 4.74 Å². The maximum atomic E-state index is 12.5. The Bertz CT molecular complexity index is 2250. The minimum absolute atomic E-state index is 0.224. The molecule has 6 aromatic carbocycles. The number of hydrogen-bond donors (Lipinski definition) is 1. The smallest absolute Gasteiger partial charge is 0.407 e. The molecule has 6 aromatic rings. The largest absolute Gasteiger partial charge is 0.497 e. The first-order valence-electron chi connectivity index (χ1n) is 22.6. The number of rotatable bonds is 25. The van der Waals surface area contributed by atoms with E-state index in [4.69, 9.17) is 33.2 Å². The third-order valence-electron chi connectivity index (χ3n) is 11.5. The molecule has 10 nitrogen and oxygen atoms in total. The highest BCUT2D eigenvalue weighted by molar-refractivity contribution is 5.65. The molecule has 0 unspecified atom stereocenters. The number of methoxy groups -OCH3 is 1. The first-order valence-corrected chi connectivity index (χ1v) is 22.6. The van der Waals surface area contributed by atoms with Crippen molar-refractivity contribution in [2.24, 2.45) is 0 Å². The van der Waals surface area contributed by atoms with Gasteiger partial charge in [0.25, 0.3) is 0 Å². The maximum absolute atomic E-state index is 12.5. The number of unbranched alkanes of at least 4 members (excludes halogenated alkanes) is 2. The molecule has 1 aliphatic rings. The minimum Gasteiger partial charge on any atom is -0.497 e. The molecular formula is C55H61NO9. The molecule has 0 aromatic heterocycles. The molecule has 0 radical (unpaired) electrons. The van der Waals surface area contributed by atoms with Crippen LogP contribution in [-0.4, -0.2) is 73.7 Å². The molecule has 5 atom stereocenters. The summed E-state index contributed by atoms with van der Waals surface area (Å²) in [6.07, 6.45) is -1.37. The molecule has 1 N–H and O–H groups in total. The van der Waals surface area contributed by atoms with Crippen LogP contribution >= 0.6 is 0 Å². The molecule has 65 heavy (non-hydrogen) atoms. The lowest BCUT2D eigenvalue weighted by atomic mass is 9.97. The monoisotopic (exact) mass is 879 g/mol. The van der Waals surface area contributed by atoms with E-state index in [1.807, 2.05) is 152 Å². The molecule has 0 bridgehead atoms. The first-order chi connectivity index (χ1) is 32.0. The van der Waals surface area contributed by atoms with Gasteiger partial charge in [0, 0.05) is 19.7 Å². The minimum atomic E-state index is -0.935. The van der Waals surface area contributed by atoms with Gasteiger partial charge in [-0.1, -0.05) is 158 Å². The lowest BCUT2D eigenvalue weighted by Crippen LogP contribution is -2.61. The van der Waals surface area contributed by atoms with Crippen LogP contribution in [0.15, 0.2) is 170 Å². The van der Waals surface area contributed by atoms with Gasteiger partial charge in [-0.3, -0.25) is 0 Å². The second-order valence-electron chi connectivity index (χ2n) is 16.3. The predicted octanol–water partition coefficient (Wildman–Crippen LogP) is 10.7. The van der Waals surface area contributed by atoms with E-state index in [1.165, 1.54) is 10.5 Å². The molecule has 0 spiro atoms. The van der Waals surface area contributed by atoms with Crippen molar-refractivity contribution in [1.82, 2.24) is 4.90 Å². The highest BCUT2D eigenvalue weighted by atomic mass is 16.7. The Kier molecular flexibility index (Phi) is 18.6. The van der Waals surface area contributed by atoms with Crippen LogP contribution in [0.2, 0.25) is 0 Å². The number of nitrogens with zero attached hydrogens (tertiary/aromatic N) is 1. The van der Waals surface area contributed by atoms with Gasteiger partial charge in [-0.25, -0.2) is 4.79 Å². The Hall–Kier alpha value is -5.85. The van der Waals surface area contributed by atoms with E-state index in [0.717, 1.165) is 52.0 Å². The molecule has 0 saturated carbocycles. The maximum Gasteiger partial charge on any atom is 0.407 e. The molecule has 1 saturated heterocycles. The summed E-state index contributed by atoms with van der Waals surface area (Å²) in [6.45, 7) is 2.63. The highest BCUT2D eigenvalue weighted by Gasteiger charge is 2.49. The molecular weight excluding hydrogens is 819 g/mol. The topological polar surface area (TPSA) is 105 Å². The fourth-order valence-electron chi connectivity index (χ4n) is 7.96. The molecule has 10 heteroatoms. The third-order valence-corrected chi connectivity index (χ3v) is 11.5. The van der Waals surface area contributed by atoms with Gasteiger partial charge in [-0.2, -0.15) is 0 Å². The van der Waals surface area contributed by atoms with Gasteiger partial charge in [0.15, 0.2) is 6.29 Å². The fraction of sp³-hybridized carbons (Fsp3) is 0.327. The second-order valence-corrected chi connectivity index (χ2v) is 16.3. The van der Waals surface area contributed by atoms with Crippen LogP contribution in [-0.2, 0) is 67.8 Å². The van der Waals surface area contributed by atoms with Crippen molar-refractivity contribution in [3.8, 4) is 5.75 Å². The Morgan fingerprint density at radius 1 is 0.538 bits per heavy atom. The van der Waals surface area contributed by atoms with Crippen LogP contribution in [0.25, 0.3) is 0 Å². The lowest BCUT2D eigenvalue weighted by molar-refractivity contribution is -0.328. The molecule has 1 fully saturated rings. The number of amides is 1. The van der Waals surface area contributed by atoms with Gasteiger partial charge in [0.1, 0.15) is 30.2 Å². The van der Waals surface area contributed by atoms with Crippen molar-refractivity contribution in [3.05, 3.63) is 209 Å². The molecule has 1 amide bonds. The van der Waals surface area contributed by atoms with E-state index in [9.17, 15) is 9.90 Å². The molecule has 7 rings (SSSR count). The summed E-state index contributed by atoms with van der Waals surface area (Å²) < 4.78 is 45.7. The van der Waals surface area contributed by atoms with Gasteiger partial charge >= 0.3 is 6.09 Å². The van der Waals surface area contributed by atoms with Crippen molar-refractivity contribution in [2.45, 2.75) is 89.4 Å². The quantitative estimate of drug-likeness (QED) is 0.0563.